The molecule has 1 heterocycles. The van der Waals surface area contributed by atoms with Crippen LogP contribution in [0.3, 0.4) is 0 Å². The molecule has 1 rings (SSSR count). The lowest BCUT2D eigenvalue weighted by Crippen LogP contribution is -2.33. The fraction of sp³-hybridized carbons (Fsp3) is 0.571. The summed E-state index contributed by atoms with van der Waals surface area (Å²) in [4.78, 5) is 23.5. The highest BCUT2D eigenvalue weighted by atomic mass is 16.1. The Labute approximate surface area is 103 Å². The highest BCUT2D eigenvalue weighted by molar-refractivity contribution is 6.01. The molecule has 0 amide bonds. The third-order valence-electron chi connectivity index (χ3n) is 3.23. The van der Waals surface area contributed by atoms with E-state index in [9.17, 15) is 9.59 Å². The van der Waals surface area contributed by atoms with Crippen molar-refractivity contribution >= 4 is 11.6 Å². The molecule has 0 atom stereocenters. The Morgan fingerprint density at radius 1 is 1.00 bits per heavy atom. The molecule has 0 aromatic heterocycles. The summed E-state index contributed by atoms with van der Waals surface area (Å²) in [6.45, 7) is 11.0. The van der Waals surface area contributed by atoms with Gasteiger partial charge in [0.1, 0.15) is 0 Å². The predicted octanol–water partition coefficient (Wildman–Crippen LogP) is 2.59. The maximum Gasteiger partial charge on any atom is 0.158 e. The number of rotatable bonds is 3. The molecule has 0 aromatic carbocycles. The van der Waals surface area contributed by atoms with Crippen molar-refractivity contribution in [3.8, 4) is 0 Å². The average Bonchev–Trinajstić information content (AvgIpc) is 2.14. The van der Waals surface area contributed by atoms with Crippen LogP contribution in [0.25, 0.3) is 0 Å². The van der Waals surface area contributed by atoms with E-state index in [1.54, 1.807) is 13.8 Å². The van der Waals surface area contributed by atoms with Crippen molar-refractivity contribution in [1.29, 1.82) is 0 Å². The third kappa shape index (κ3) is 2.48. The van der Waals surface area contributed by atoms with Crippen LogP contribution >= 0.6 is 0 Å². The lowest BCUT2D eigenvalue weighted by atomic mass is 9.76. The third-order valence-corrected chi connectivity index (χ3v) is 3.23. The molecular formula is C14H21NO2. The molecule has 3 nitrogen and oxygen atoms in total. The summed E-state index contributed by atoms with van der Waals surface area (Å²) >= 11 is 0. The van der Waals surface area contributed by atoms with E-state index >= 15 is 0 Å². The van der Waals surface area contributed by atoms with E-state index in [-0.39, 0.29) is 23.4 Å². The fourth-order valence-electron chi connectivity index (χ4n) is 2.66. The molecule has 1 aliphatic rings. The number of hydrogen-bond donors (Lipinski definition) is 1. The Morgan fingerprint density at radius 2 is 1.35 bits per heavy atom. The van der Waals surface area contributed by atoms with Gasteiger partial charge >= 0.3 is 0 Å². The molecule has 3 heteroatoms. The van der Waals surface area contributed by atoms with Crippen LogP contribution in [0.5, 0.6) is 0 Å². The van der Waals surface area contributed by atoms with Gasteiger partial charge in [-0.05, 0) is 33.6 Å². The van der Waals surface area contributed by atoms with Crippen molar-refractivity contribution < 1.29 is 9.59 Å². The smallest absolute Gasteiger partial charge is 0.158 e. The second kappa shape index (κ2) is 4.86. The quantitative estimate of drug-likeness (QED) is 0.817. The molecular weight excluding hydrogens is 214 g/mol. The Kier molecular flexibility index (Phi) is 3.91. The van der Waals surface area contributed by atoms with E-state index in [2.05, 4.69) is 5.32 Å². The Bertz CT molecular complexity index is 392. The second-order valence-electron chi connectivity index (χ2n) is 5.04. The molecule has 1 N–H and O–H groups in total. The van der Waals surface area contributed by atoms with E-state index in [4.69, 9.17) is 0 Å². The lowest BCUT2D eigenvalue weighted by Gasteiger charge is -2.32. The largest absolute Gasteiger partial charge is 0.362 e. The molecule has 0 spiro atoms. The summed E-state index contributed by atoms with van der Waals surface area (Å²) in [6.07, 6.45) is 0. The molecule has 94 valence electrons. The minimum Gasteiger partial charge on any atom is -0.362 e. The van der Waals surface area contributed by atoms with Crippen molar-refractivity contribution in [2.45, 2.75) is 41.5 Å². The van der Waals surface area contributed by atoms with Gasteiger partial charge in [-0.1, -0.05) is 13.8 Å². The van der Waals surface area contributed by atoms with E-state index in [1.165, 1.54) is 0 Å². The number of nitrogens with one attached hydrogen (secondary N) is 1. The standard InChI is InChI=1S/C14H21NO2/c1-7(2)12-13(10(5)16)8(3)15-9(4)14(12)11(6)17/h7,12,15H,1-6H3. The van der Waals surface area contributed by atoms with Crippen molar-refractivity contribution in [2.75, 3.05) is 0 Å². The van der Waals surface area contributed by atoms with Gasteiger partial charge in [0.25, 0.3) is 0 Å². The predicted molar refractivity (Wildman–Crippen MR) is 68.2 cm³/mol. The normalized spacial score (nSPS) is 17.6. The number of ketones is 2. The first-order valence-corrected chi connectivity index (χ1v) is 5.97. The van der Waals surface area contributed by atoms with Crippen molar-refractivity contribution in [3.63, 3.8) is 0 Å². The zero-order valence-electron chi connectivity index (χ0n) is 11.5. The summed E-state index contributed by atoms with van der Waals surface area (Å²) in [5.41, 5.74) is 3.24. The molecule has 0 bridgehead atoms. The minimum atomic E-state index is -0.0775. The van der Waals surface area contributed by atoms with Gasteiger partial charge in [0.2, 0.25) is 0 Å². The maximum atomic E-state index is 11.8. The van der Waals surface area contributed by atoms with Gasteiger partial charge in [0.15, 0.2) is 11.6 Å². The number of Topliss-reactive ketones (excluding diaryl/α,β-unsaturated/α-hetero) is 2. The summed E-state index contributed by atoms with van der Waals surface area (Å²) < 4.78 is 0. The molecule has 0 saturated carbocycles. The van der Waals surface area contributed by atoms with E-state index in [0.29, 0.717) is 0 Å². The Morgan fingerprint density at radius 3 is 1.59 bits per heavy atom. The molecule has 0 fully saturated rings. The van der Waals surface area contributed by atoms with Crippen LogP contribution in [0.4, 0.5) is 0 Å². The molecule has 1 aliphatic heterocycles. The summed E-state index contributed by atoms with van der Waals surface area (Å²) in [5.74, 6) is 0.242. The summed E-state index contributed by atoms with van der Waals surface area (Å²) in [7, 11) is 0. The SMILES string of the molecule is CC(=O)C1=C(C)NC(C)=C(C(C)=O)C1C(C)C. The first-order valence-electron chi connectivity index (χ1n) is 5.97. The van der Waals surface area contributed by atoms with Crippen LogP contribution in [-0.4, -0.2) is 11.6 Å². The van der Waals surface area contributed by atoms with Crippen LogP contribution in [0.2, 0.25) is 0 Å². The van der Waals surface area contributed by atoms with Crippen LogP contribution in [0.1, 0.15) is 41.5 Å². The lowest BCUT2D eigenvalue weighted by molar-refractivity contribution is -0.115. The number of dihydropyridines is 1. The molecule has 0 saturated heterocycles. The second-order valence-corrected chi connectivity index (χ2v) is 5.04. The number of carbonyl (C=O) groups excluding carboxylic acids is 2. The summed E-state index contributed by atoms with van der Waals surface area (Å²) in [6, 6.07) is 0. The van der Waals surface area contributed by atoms with Gasteiger partial charge in [-0.25, -0.2) is 0 Å². The van der Waals surface area contributed by atoms with Crippen molar-refractivity contribution in [2.24, 2.45) is 11.8 Å². The molecule has 0 aromatic rings. The van der Waals surface area contributed by atoms with Crippen LogP contribution in [0.15, 0.2) is 22.5 Å². The van der Waals surface area contributed by atoms with Crippen LogP contribution < -0.4 is 5.32 Å². The highest BCUT2D eigenvalue weighted by Gasteiger charge is 2.33. The van der Waals surface area contributed by atoms with Gasteiger partial charge in [0.05, 0.1) is 0 Å². The number of allylic oxidation sites excluding steroid dienone is 4. The van der Waals surface area contributed by atoms with Crippen molar-refractivity contribution in [1.82, 2.24) is 5.32 Å². The zero-order chi connectivity index (χ0) is 13.3. The highest BCUT2D eigenvalue weighted by Crippen LogP contribution is 2.35. The topological polar surface area (TPSA) is 46.2 Å². The molecule has 0 unspecified atom stereocenters. The van der Waals surface area contributed by atoms with Crippen LogP contribution in [0, 0.1) is 11.8 Å². The maximum absolute atomic E-state index is 11.8. The van der Waals surface area contributed by atoms with Crippen molar-refractivity contribution in [3.05, 3.63) is 22.5 Å². The number of hydrogen-bond acceptors (Lipinski definition) is 3. The first kappa shape index (κ1) is 13.7. The fourth-order valence-corrected chi connectivity index (χ4v) is 2.66. The van der Waals surface area contributed by atoms with Crippen LogP contribution in [-0.2, 0) is 9.59 Å². The van der Waals surface area contributed by atoms with Gasteiger partial charge in [-0.3, -0.25) is 9.59 Å². The van der Waals surface area contributed by atoms with E-state index in [0.717, 1.165) is 22.5 Å². The molecule has 0 radical (unpaired) electrons. The van der Waals surface area contributed by atoms with E-state index < -0.39 is 0 Å². The first-order chi connectivity index (χ1) is 7.77. The monoisotopic (exact) mass is 235 g/mol. The van der Waals surface area contributed by atoms with Gasteiger partial charge in [-0.15, -0.1) is 0 Å². The summed E-state index contributed by atoms with van der Waals surface area (Å²) in [5, 5.41) is 3.14. The zero-order valence-corrected chi connectivity index (χ0v) is 11.5. The van der Waals surface area contributed by atoms with Gasteiger partial charge < -0.3 is 5.32 Å². The average molecular weight is 235 g/mol. The molecule has 17 heavy (non-hydrogen) atoms. The Hall–Kier alpha value is -1.38. The molecule has 0 aliphatic carbocycles. The van der Waals surface area contributed by atoms with Gasteiger partial charge in [0, 0.05) is 28.5 Å². The number of carbonyl (C=O) groups is 2. The minimum absolute atomic E-state index is 0.0416. The van der Waals surface area contributed by atoms with Gasteiger partial charge in [-0.2, -0.15) is 0 Å². The Balaban J connectivity index is 3.39. The van der Waals surface area contributed by atoms with E-state index in [1.807, 2.05) is 27.7 Å².